The molecule has 0 fully saturated rings. The highest BCUT2D eigenvalue weighted by Gasteiger charge is 2.34. The van der Waals surface area contributed by atoms with Crippen molar-refractivity contribution < 1.29 is 13.2 Å². The van der Waals surface area contributed by atoms with Crippen molar-refractivity contribution in [1.82, 2.24) is 0 Å². The van der Waals surface area contributed by atoms with E-state index in [1.807, 2.05) is 71.9 Å². The summed E-state index contributed by atoms with van der Waals surface area (Å²) in [7, 11) is -3.98. The van der Waals surface area contributed by atoms with Crippen molar-refractivity contribution in [3.8, 4) is 0 Å². The number of nitrogens with zero attached hydrogens (tertiary/aromatic N) is 3. The van der Waals surface area contributed by atoms with Crippen molar-refractivity contribution in [2.45, 2.75) is 46.4 Å². The summed E-state index contributed by atoms with van der Waals surface area (Å²) in [5, 5.41) is 8.27. The molecule has 0 N–H and O–H groups in total. The molecule has 6 nitrogen and oxygen atoms in total. The van der Waals surface area contributed by atoms with E-state index in [0.29, 0.717) is 22.5 Å². The van der Waals surface area contributed by atoms with Crippen LogP contribution in [-0.4, -0.2) is 19.9 Å². The summed E-state index contributed by atoms with van der Waals surface area (Å²) < 4.78 is 30.1. The first-order chi connectivity index (χ1) is 15.3. The second-order valence-corrected chi connectivity index (χ2v) is 11.6. The van der Waals surface area contributed by atoms with Gasteiger partial charge in [0.2, 0.25) is 0 Å². The molecule has 0 bridgehead atoms. The van der Waals surface area contributed by atoms with Gasteiger partial charge in [0.05, 0.1) is 22.0 Å². The Kier molecular flexibility index (Phi) is 6.65. The zero-order chi connectivity index (χ0) is 24.4. The van der Waals surface area contributed by atoms with Crippen LogP contribution in [0.2, 0.25) is 0 Å². The van der Waals surface area contributed by atoms with Crippen LogP contribution in [0.5, 0.6) is 0 Å². The van der Waals surface area contributed by atoms with Gasteiger partial charge in [-0.1, -0.05) is 59.7 Å². The number of carbonyl (C=O) groups is 1. The molecular weight excluding hydrogens is 434 g/mol. The van der Waals surface area contributed by atoms with Crippen molar-refractivity contribution in [2.24, 2.45) is 25.5 Å². The monoisotopic (exact) mass is 463 g/mol. The molecule has 0 spiro atoms. The average Bonchev–Trinajstić information content (AvgIpc) is 2.72. The van der Waals surface area contributed by atoms with Crippen LogP contribution >= 0.6 is 0 Å². The minimum absolute atomic E-state index is 0.0435. The van der Waals surface area contributed by atoms with E-state index < -0.39 is 20.9 Å². The fourth-order valence-corrected chi connectivity index (χ4v) is 4.24. The molecule has 3 rings (SSSR count). The van der Waals surface area contributed by atoms with Gasteiger partial charge in [-0.2, -0.15) is 23.0 Å². The van der Waals surface area contributed by atoms with Crippen molar-refractivity contribution in [3.63, 3.8) is 0 Å². The maximum atomic E-state index is 13.0. The predicted molar refractivity (Wildman–Crippen MR) is 132 cm³/mol. The van der Waals surface area contributed by atoms with Crippen LogP contribution < -0.4 is 0 Å². The van der Waals surface area contributed by atoms with E-state index in [0.717, 1.165) is 0 Å². The zero-order valence-corrected chi connectivity index (χ0v) is 20.6. The van der Waals surface area contributed by atoms with Crippen LogP contribution in [0.1, 0.15) is 41.5 Å². The molecule has 0 saturated carbocycles. The van der Waals surface area contributed by atoms with Crippen molar-refractivity contribution in [2.75, 3.05) is 0 Å². The number of sulfonamides is 1. The van der Waals surface area contributed by atoms with E-state index in [-0.39, 0.29) is 16.4 Å². The van der Waals surface area contributed by atoms with Gasteiger partial charge >= 0.3 is 0 Å². The van der Waals surface area contributed by atoms with Crippen LogP contribution in [0, 0.1) is 10.8 Å². The highest BCUT2D eigenvalue weighted by molar-refractivity contribution is 7.90. The molecule has 0 amide bonds. The van der Waals surface area contributed by atoms with E-state index >= 15 is 0 Å². The molecule has 0 aromatic heterocycles. The summed E-state index contributed by atoms with van der Waals surface area (Å²) >= 11 is 0. The molecule has 0 atom stereocenters. The first-order valence-electron chi connectivity index (χ1n) is 10.7. The molecule has 0 radical (unpaired) electrons. The second-order valence-electron chi connectivity index (χ2n) is 9.97. The van der Waals surface area contributed by atoms with E-state index in [9.17, 15) is 13.2 Å². The maximum absolute atomic E-state index is 13.0. The SMILES string of the molecule is CC(C)(C)C1=CC(=NS(=O)(=O)c2ccc(N=Nc3ccccc3)cc2)C=C(C(C)(C)C)C1=O. The summed E-state index contributed by atoms with van der Waals surface area (Å²) in [4.78, 5) is 13.1. The summed E-state index contributed by atoms with van der Waals surface area (Å²) in [5.41, 5.74) is 1.67. The number of carbonyl (C=O) groups excluding carboxylic acids is 1. The van der Waals surface area contributed by atoms with Gasteiger partial charge in [-0.25, -0.2) is 0 Å². The largest absolute Gasteiger partial charge is 0.289 e. The third-order valence-corrected chi connectivity index (χ3v) is 6.41. The van der Waals surface area contributed by atoms with Crippen LogP contribution in [0.25, 0.3) is 0 Å². The molecule has 1 aliphatic rings. The Labute approximate surface area is 195 Å². The van der Waals surface area contributed by atoms with E-state index in [2.05, 4.69) is 14.6 Å². The van der Waals surface area contributed by atoms with Crippen LogP contribution in [0.4, 0.5) is 11.4 Å². The third kappa shape index (κ3) is 5.99. The fraction of sp³-hybridized carbons (Fsp3) is 0.308. The first-order valence-corrected chi connectivity index (χ1v) is 12.1. The van der Waals surface area contributed by atoms with Crippen molar-refractivity contribution in [3.05, 3.63) is 77.9 Å². The topological polar surface area (TPSA) is 88.3 Å². The first kappa shape index (κ1) is 24.5. The third-order valence-electron chi connectivity index (χ3n) is 5.09. The lowest BCUT2D eigenvalue weighted by Gasteiger charge is -2.30. The number of benzene rings is 2. The van der Waals surface area contributed by atoms with Gasteiger partial charge in [0.1, 0.15) is 0 Å². The Hall–Kier alpha value is -3.19. The molecule has 0 unspecified atom stereocenters. The Morgan fingerprint density at radius 1 is 0.667 bits per heavy atom. The number of hydrogen-bond acceptors (Lipinski definition) is 5. The summed E-state index contributed by atoms with van der Waals surface area (Å²) in [6.45, 7) is 11.6. The molecule has 0 aliphatic heterocycles. The number of hydrogen-bond donors (Lipinski definition) is 0. The molecule has 172 valence electrons. The average molecular weight is 464 g/mol. The van der Waals surface area contributed by atoms with Gasteiger partial charge in [0.15, 0.2) is 5.78 Å². The van der Waals surface area contributed by atoms with E-state index in [1.165, 1.54) is 12.1 Å². The molecule has 2 aromatic rings. The number of allylic oxidation sites excluding steroid dienone is 4. The standard InChI is InChI=1S/C26H29N3O3S/c1-25(2,3)22-16-20(17-23(24(22)30)26(4,5)6)29-33(31,32)21-14-12-19(13-15-21)28-27-18-10-8-7-9-11-18/h7-17H,1-6H3. The molecular formula is C26H29N3O3S. The quantitative estimate of drug-likeness (QED) is 0.371. The minimum Gasteiger partial charge on any atom is -0.289 e. The molecule has 33 heavy (non-hydrogen) atoms. The van der Waals surface area contributed by atoms with Gasteiger partial charge in [-0.3, -0.25) is 4.79 Å². The Morgan fingerprint density at radius 2 is 1.12 bits per heavy atom. The summed E-state index contributed by atoms with van der Waals surface area (Å²) in [6, 6.07) is 15.3. The summed E-state index contributed by atoms with van der Waals surface area (Å²) in [6.07, 6.45) is 3.16. The van der Waals surface area contributed by atoms with Gasteiger partial charge in [-0.15, -0.1) is 0 Å². The summed E-state index contributed by atoms with van der Waals surface area (Å²) in [5.74, 6) is -0.0699. The predicted octanol–water partition coefficient (Wildman–Crippen LogP) is 6.76. The van der Waals surface area contributed by atoms with Crippen molar-refractivity contribution in [1.29, 1.82) is 0 Å². The van der Waals surface area contributed by atoms with E-state index in [1.54, 1.807) is 24.3 Å². The molecule has 1 aliphatic carbocycles. The molecule has 2 aromatic carbocycles. The molecule has 7 heteroatoms. The minimum atomic E-state index is -3.98. The van der Waals surface area contributed by atoms with Gasteiger partial charge in [0.25, 0.3) is 10.0 Å². The number of azo groups is 1. The smallest absolute Gasteiger partial charge is 0.282 e. The van der Waals surface area contributed by atoms with Crippen molar-refractivity contribution >= 4 is 32.9 Å². The Balaban J connectivity index is 1.95. The van der Waals surface area contributed by atoms with Gasteiger partial charge in [-0.05, 0) is 59.4 Å². The number of rotatable bonds is 4. The lowest BCUT2D eigenvalue weighted by molar-refractivity contribution is -0.114. The molecule has 0 saturated heterocycles. The lowest BCUT2D eigenvalue weighted by Crippen LogP contribution is -2.29. The van der Waals surface area contributed by atoms with Crippen LogP contribution in [0.15, 0.2) is 97.4 Å². The fourth-order valence-electron chi connectivity index (χ4n) is 3.27. The number of ketones is 1. The highest BCUT2D eigenvalue weighted by Crippen LogP contribution is 2.37. The lowest BCUT2D eigenvalue weighted by atomic mass is 9.72. The molecule has 0 heterocycles. The van der Waals surface area contributed by atoms with Gasteiger partial charge in [0, 0.05) is 11.1 Å². The Morgan fingerprint density at radius 3 is 1.58 bits per heavy atom. The van der Waals surface area contributed by atoms with E-state index in [4.69, 9.17) is 0 Å². The van der Waals surface area contributed by atoms with Gasteiger partial charge < -0.3 is 0 Å². The second kappa shape index (κ2) is 8.98. The number of Topliss-reactive ketones (excluding diaryl/α,β-unsaturated/α-hetero) is 1. The zero-order valence-electron chi connectivity index (χ0n) is 19.8. The maximum Gasteiger partial charge on any atom is 0.282 e. The van der Waals surface area contributed by atoms with Crippen LogP contribution in [-0.2, 0) is 14.8 Å². The highest BCUT2D eigenvalue weighted by atomic mass is 32.2. The normalized spacial score (nSPS) is 15.5. The Bertz CT molecular complexity index is 1240. The van der Waals surface area contributed by atoms with Crippen LogP contribution in [0.3, 0.4) is 0 Å².